The maximum atomic E-state index is 7.02. The van der Waals surface area contributed by atoms with E-state index < -0.39 is 0 Å². The summed E-state index contributed by atoms with van der Waals surface area (Å²) in [6.07, 6.45) is 0. The standard InChI is InChI=1S/C50H31N5O/c1-5-16-33(17-6-1)43-42-45-47(39-24-13-14-27-41(39)55(45)37-22-11-4-12-23-37)56-46(42)40-26-15-25-38(44(40)51-43)32-28-30-36(31-29-32)50-53-48(34-18-7-2-8-19-34)52-49(54-50)35-20-9-3-10-21-35/h1-31H. The van der Waals surface area contributed by atoms with Crippen LogP contribution in [0.25, 0.3) is 106 Å². The molecule has 0 amide bonds. The molecule has 0 spiro atoms. The van der Waals surface area contributed by atoms with Crippen molar-refractivity contribution in [3.8, 4) is 62.2 Å². The lowest BCUT2D eigenvalue weighted by molar-refractivity contribution is 0.676. The highest BCUT2D eigenvalue weighted by molar-refractivity contribution is 6.25. The minimum absolute atomic E-state index is 0.613. The van der Waals surface area contributed by atoms with Gasteiger partial charge in [-0.1, -0.05) is 158 Å². The quantitative estimate of drug-likeness (QED) is 0.171. The molecule has 0 radical (unpaired) electrons. The second-order valence-electron chi connectivity index (χ2n) is 13.8. The Morgan fingerprint density at radius 2 is 0.875 bits per heavy atom. The largest absolute Gasteiger partial charge is 0.453 e. The zero-order valence-corrected chi connectivity index (χ0v) is 30.0. The van der Waals surface area contributed by atoms with E-state index in [-0.39, 0.29) is 0 Å². The van der Waals surface area contributed by atoms with Crippen LogP contribution in [-0.4, -0.2) is 24.5 Å². The van der Waals surface area contributed by atoms with Crippen LogP contribution in [0.4, 0.5) is 0 Å². The van der Waals surface area contributed by atoms with Crippen LogP contribution in [0.2, 0.25) is 0 Å². The van der Waals surface area contributed by atoms with Crippen molar-refractivity contribution in [1.29, 1.82) is 0 Å². The molecular formula is C50H31N5O. The molecule has 0 atom stereocenters. The van der Waals surface area contributed by atoms with E-state index in [1.807, 2.05) is 72.8 Å². The van der Waals surface area contributed by atoms with Crippen molar-refractivity contribution in [1.82, 2.24) is 24.5 Å². The Hall–Kier alpha value is -7.70. The first-order valence-corrected chi connectivity index (χ1v) is 18.7. The Balaban J connectivity index is 1.11. The third-order valence-electron chi connectivity index (χ3n) is 10.5. The summed E-state index contributed by atoms with van der Waals surface area (Å²) in [6, 6.07) is 64.2. The number of hydrogen-bond acceptors (Lipinski definition) is 5. The molecule has 4 aromatic heterocycles. The summed E-state index contributed by atoms with van der Waals surface area (Å²) < 4.78 is 9.34. The first-order valence-electron chi connectivity index (χ1n) is 18.7. The summed E-state index contributed by atoms with van der Waals surface area (Å²) in [5.41, 5.74) is 12.4. The molecule has 0 unspecified atom stereocenters. The van der Waals surface area contributed by atoms with Gasteiger partial charge in [-0.3, -0.25) is 0 Å². The molecule has 11 aromatic rings. The van der Waals surface area contributed by atoms with Crippen LogP contribution in [0.3, 0.4) is 0 Å². The average Bonchev–Trinajstić information content (AvgIpc) is 3.83. The second kappa shape index (κ2) is 13.0. The number of rotatable bonds is 6. The maximum absolute atomic E-state index is 7.02. The number of fused-ring (bicyclic) bond motifs is 7. The Morgan fingerprint density at radius 1 is 0.375 bits per heavy atom. The number of pyridine rings is 1. The zero-order valence-electron chi connectivity index (χ0n) is 30.0. The summed E-state index contributed by atoms with van der Waals surface area (Å²) in [5, 5.41) is 3.01. The first-order chi connectivity index (χ1) is 27.8. The van der Waals surface area contributed by atoms with E-state index in [0.29, 0.717) is 17.5 Å². The highest BCUT2D eigenvalue weighted by atomic mass is 16.3. The molecule has 0 saturated heterocycles. The van der Waals surface area contributed by atoms with E-state index in [1.165, 1.54) is 0 Å². The molecule has 262 valence electrons. The van der Waals surface area contributed by atoms with Crippen LogP contribution in [0.15, 0.2) is 192 Å². The van der Waals surface area contributed by atoms with Crippen molar-refractivity contribution in [2.75, 3.05) is 0 Å². The lowest BCUT2D eigenvalue weighted by Gasteiger charge is -2.13. The summed E-state index contributed by atoms with van der Waals surface area (Å²) in [7, 11) is 0. The van der Waals surface area contributed by atoms with Crippen LogP contribution in [0, 0.1) is 0 Å². The molecule has 0 bridgehead atoms. The van der Waals surface area contributed by atoms with Crippen LogP contribution >= 0.6 is 0 Å². The number of para-hydroxylation sites is 3. The molecule has 6 heteroatoms. The zero-order chi connectivity index (χ0) is 37.0. The molecule has 11 rings (SSSR count). The Labute approximate surface area is 322 Å². The van der Waals surface area contributed by atoms with Gasteiger partial charge < -0.3 is 8.98 Å². The molecule has 0 aliphatic heterocycles. The van der Waals surface area contributed by atoms with Gasteiger partial charge in [0, 0.05) is 44.3 Å². The van der Waals surface area contributed by atoms with Crippen molar-refractivity contribution in [3.05, 3.63) is 188 Å². The average molecular weight is 718 g/mol. The van der Waals surface area contributed by atoms with Gasteiger partial charge in [0.2, 0.25) is 0 Å². The Kier molecular flexibility index (Phi) is 7.38. The molecular weight excluding hydrogens is 687 g/mol. The van der Waals surface area contributed by atoms with Gasteiger partial charge in [-0.15, -0.1) is 0 Å². The maximum Gasteiger partial charge on any atom is 0.164 e. The first kappa shape index (κ1) is 31.8. The highest BCUT2D eigenvalue weighted by Gasteiger charge is 2.25. The van der Waals surface area contributed by atoms with Gasteiger partial charge in [0.15, 0.2) is 23.1 Å². The third-order valence-corrected chi connectivity index (χ3v) is 10.5. The van der Waals surface area contributed by atoms with E-state index >= 15 is 0 Å². The Morgan fingerprint density at radius 3 is 1.50 bits per heavy atom. The van der Waals surface area contributed by atoms with Crippen molar-refractivity contribution in [3.63, 3.8) is 0 Å². The van der Waals surface area contributed by atoms with Crippen molar-refractivity contribution in [2.24, 2.45) is 0 Å². The minimum Gasteiger partial charge on any atom is -0.453 e. The number of nitrogens with zero attached hydrogens (tertiary/aromatic N) is 5. The molecule has 0 saturated carbocycles. The van der Waals surface area contributed by atoms with Crippen molar-refractivity contribution >= 4 is 43.9 Å². The van der Waals surface area contributed by atoms with Gasteiger partial charge in [0.05, 0.1) is 22.1 Å². The monoisotopic (exact) mass is 717 g/mol. The second-order valence-corrected chi connectivity index (χ2v) is 13.8. The number of benzene rings is 7. The van der Waals surface area contributed by atoms with Gasteiger partial charge in [-0.25, -0.2) is 19.9 Å². The Bertz CT molecular complexity index is 3150. The van der Waals surface area contributed by atoms with Crippen LogP contribution in [0.1, 0.15) is 0 Å². The van der Waals surface area contributed by atoms with E-state index in [0.717, 1.165) is 88.6 Å². The van der Waals surface area contributed by atoms with E-state index in [4.69, 9.17) is 24.4 Å². The van der Waals surface area contributed by atoms with Crippen LogP contribution < -0.4 is 0 Å². The molecule has 7 aromatic carbocycles. The highest BCUT2D eigenvalue weighted by Crippen LogP contribution is 2.45. The molecule has 6 nitrogen and oxygen atoms in total. The fraction of sp³-hybridized carbons (Fsp3) is 0. The smallest absolute Gasteiger partial charge is 0.164 e. The van der Waals surface area contributed by atoms with Crippen LogP contribution in [0.5, 0.6) is 0 Å². The number of aromatic nitrogens is 5. The minimum atomic E-state index is 0.613. The van der Waals surface area contributed by atoms with Gasteiger partial charge in [-0.05, 0) is 35.9 Å². The third kappa shape index (κ3) is 5.19. The van der Waals surface area contributed by atoms with E-state index in [9.17, 15) is 0 Å². The summed E-state index contributed by atoms with van der Waals surface area (Å²) >= 11 is 0. The molecule has 4 heterocycles. The molecule has 0 N–H and O–H groups in total. The summed E-state index contributed by atoms with van der Waals surface area (Å²) in [5.74, 6) is 1.88. The fourth-order valence-corrected chi connectivity index (χ4v) is 7.84. The van der Waals surface area contributed by atoms with Crippen molar-refractivity contribution < 1.29 is 4.42 Å². The number of furan rings is 1. The molecule has 0 fully saturated rings. The van der Waals surface area contributed by atoms with Gasteiger partial charge in [0.1, 0.15) is 11.1 Å². The van der Waals surface area contributed by atoms with E-state index in [1.54, 1.807) is 0 Å². The molecule has 0 aliphatic rings. The SMILES string of the molecule is c1ccc(-c2nc(-c3ccccc3)nc(-c3ccc(-c4cccc5c4nc(-c4ccccc4)c4c5oc5c6ccccc6n(-c6ccccc6)c54)cc3)n2)cc1. The summed E-state index contributed by atoms with van der Waals surface area (Å²) in [6.45, 7) is 0. The lowest BCUT2D eigenvalue weighted by atomic mass is 9.98. The normalized spacial score (nSPS) is 11.6. The van der Waals surface area contributed by atoms with Gasteiger partial charge >= 0.3 is 0 Å². The molecule has 56 heavy (non-hydrogen) atoms. The van der Waals surface area contributed by atoms with Crippen molar-refractivity contribution in [2.45, 2.75) is 0 Å². The predicted octanol–water partition coefficient (Wildman–Crippen LogP) is 12.6. The topological polar surface area (TPSA) is 69.6 Å². The summed E-state index contributed by atoms with van der Waals surface area (Å²) in [4.78, 5) is 20.3. The van der Waals surface area contributed by atoms with E-state index in [2.05, 4.69) is 120 Å². The van der Waals surface area contributed by atoms with Crippen LogP contribution in [-0.2, 0) is 0 Å². The molecule has 0 aliphatic carbocycles. The fourth-order valence-electron chi connectivity index (χ4n) is 7.84. The van der Waals surface area contributed by atoms with Gasteiger partial charge in [-0.2, -0.15) is 0 Å². The lowest BCUT2D eigenvalue weighted by Crippen LogP contribution is -2.00. The number of hydrogen-bond donors (Lipinski definition) is 0. The predicted molar refractivity (Wildman–Crippen MR) is 226 cm³/mol. The van der Waals surface area contributed by atoms with Gasteiger partial charge in [0.25, 0.3) is 0 Å².